The van der Waals surface area contributed by atoms with Gasteiger partial charge in [0.25, 0.3) is 5.91 Å². The van der Waals surface area contributed by atoms with Gasteiger partial charge < -0.3 is 4.90 Å². The molecule has 1 aliphatic heterocycles. The Kier molecular flexibility index (Phi) is 4.93. The predicted molar refractivity (Wildman–Crippen MR) is 76.4 cm³/mol. The standard InChI is InChI=1S/C14H18ClN3O/c1-2-6-17-7-3-8-18(10-9-17)14(19)12-4-5-13(15)16-11-12/h2,4-5,11H,1,3,6-10H2. The second kappa shape index (κ2) is 6.68. The molecule has 2 heterocycles. The van der Waals surface area contributed by atoms with Crippen molar-refractivity contribution >= 4 is 17.5 Å². The Labute approximate surface area is 118 Å². The molecule has 0 aromatic carbocycles. The average Bonchev–Trinajstić information content (AvgIpc) is 2.65. The molecule has 1 amide bonds. The van der Waals surface area contributed by atoms with E-state index in [0.717, 1.165) is 39.1 Å². The Morgan fingerprint density at radius 2 is 2.21 bits per heavy atom. The molecule has 1 fully saturated rings. The molecule has 0 spiro atoms. The van der Waals surface area contributed by atoms with Crippen molar-refractivity contribution in [3.8, 4) is 0 Å². The molecule has 1 aliphatic rings. The number of aromatic nitrogens is 1. The van der Waals surface area contributed by atoms with E-state index < -0.39 is 0 Å². The Morgan fingerprint density at radius 3 is 2.89 bits per heavy atom. The Bertz CT molecular complexity index is 447. The Hall–Kier alpha value is -1.39. The molecule has 1 saturated heterocycles. The van der Waals surface area contributed by atoms with Gasteiger partial charge in [0.15, 0.2) is 0 Å². The quantitative estimate of drug-likeness (QED) is 0.628. The topological polar surface area (TPSA) is 36.4 Å². The second-order valence-electron chi connectivity index (χ2n) is 4.60. The molecule has 0 N–H and O–H groups in total. The van der Waals surface area contributed by atoms with Crippen LogP contribution in [-0.2, 0) is 0 Å². The third-order valence-corrected chi connectivity index (χ3v) is 3.46. The first-order valence-corrected chi connectivity index (χ1v) is 6.82. The van der Waals surface area contributed by atoms with Crippen molar-refractivity contribution in [1.82, 2.24) is 14.8 Å². The van der Waals surface area contributed by atoms with E-state index >= 15 is 0 Å². The minimum absolute atomic E-state index is 0.0321. The zero-order valence-corrected chi connectivity index (χ0v) is 11.6. The van der Waals surface area contributed by atoms with Crippen molar-refractivity contribution in [2.45, 2.75) is 6.42 Å². The lowest BCUT2D eigenvalue weighted by atomic mass is 10.2. The number of carbonyl (C=O) groups is 1. The van der Waals surface area contributed by atoms with Crippen LogP contribution in [0.3, 0.4) is 0 Å². The summed E-state index contributed by atoms with van der Waals surface area (Å²) in [6.07, 6.45) is 4.43. The SMILES string of the molecule is C=CCN1CCCN(C(=O)c2ccc(Cl)nc2)CC1. The maximum Gasteiger partial charge on any atom is 0.255 e. The molecule has 0 bridgehead atoms. The van der Waals surface area contributed by atoms with E-state index in [0.29, 0.717) is 10.7 Å². The molecule has 0 aliphatic carbocycles. The van der Waals surface area contributed by atoms with Gasteiger partial charge in [0.2, 0.25) is 0 Å². The van der Waals surface area contributed by atoms with Crippen LogP contribution in [0.2, 0.25) is 5.15 Å². The van der Waals surface area contributed by atoms with Crippen LogP contribution in [0.1, 0.15) is 16.8 Å². The highest BCUT2D eigenvalue weighted by atomic mass is 35.5. The average molecular weight is 280 g/mol. The molecule has 102 valence electrons. The molecule has 5 heteroatoms. The number of amides is 1. The summed E-state index contributed by atoms with van der Waals surface area (Å²) in [5, 5.41) is 0.407. The van der Waals surface area contributed by atoms with E-state index in [-0.39, 0.29) is 5.91 Å². The molecule has 0 saturated carbocycles. The maximum atomic E-state index is 12.3. The minimum atomic E-state index is 0.0321. The van der Waals surface area contributed by atoms with Crippen LogP contribution in [0.25, 0.3) is 0 Å². The van der Waals surface area contributed by atoms with Crippen LogP contribution in [0.15, 0.2) is 31.0 Å². The van der Waals surface area contributed by atoms with E-state index in [2.05, 4.69) is 16.5 Å². The zero-order chi connectivity index (χ0) is 13.7. The summed E-state index contributed by atoms with van der Waals surface area (Å²) in [6.45, 7) is 8.06. The molecule has 19 heavy (non-hydrogen) atoms. The third-order valence-electron chi connectivity index (χ3n) is 3.24. The van der Waals surface area contributed by atoms with Crippen molar-refractivity contribution in [1.29, 1.82) is 0 Å². The first kappa shape index (κ1) is 14.0. The summed E-state index contributed by atoms with van der Waals surface area (Å²) >= 11 is 5.73. The number of pyridine rings is 1. The fourth-order valence-corrected chi connectivity index (χ4v) is 2.34. The van der Waals surface area contributed by atoms with Gasteiger partial charge in [-0.05, 0) is 18.6 Å². The highest BCUT2D eigenvalue weighted by Gasteiger charge is 2.19. The highest BCUT2D eigenvalue weighted by molar-refractivity contribution is 6.29. The van der Waals surface area contributed by atoms with Gasteiger partial charge in [0, 0.05) is 38.9 Å². The molecule has 1 aromatic rings. The van der Waals surface area contributed by atoms with E-state index in [1.54, 1.807) is 12.1 Å². The third kappa shape index (κ3) is 3.78. The summed E-state index contributed by atoms with van der Waals surface area (Å²) in [7, 11) is 0. The molecule has 0 atom stereocenters. The van der Waals surface area contributed by atoms with Gasteiger partial charge in [-0.2, -0.15) is 0 Å². The number of hydrogen-bond acceptors (Lipinski definition) is 3. The van der Waals surface area contributed by atoms with Crippen LogP contribution >= 0.6 is 11.6 Å². The predicted octanol–water partition coefficient (Wildman–Crippen LogP) is 2.07. The Morgan fingerprint density at radius 1 is 1.37 bits per heavy atom. The fourth-order valence-electron chi connectivity index (χ4n) is 2.22. The van der Waals surface area contributed by atoms with Crippen molar-refractivity contribution < 1.29 is 4.79 Å². The monoisotopic (exact) mass is 279 g/mol. The van der Waals surface area contributed by atoms with Crippen LogP contribution in [0, 0.1) is 0 Å². The van der Waals surface area contributed by atoms with Crippen LogP contribution < -0.4 is 0 Å². The summed E-state index contributed by atoms with van der Waals surface area (Å²) in [6, 6.07) is 3.38. The van der Waals surface area contributed by atoms with E-state index in [9.17, 15) is 4.79 Å². The number of carbonyl (C=O) groups excluding carboxylic acids is 1. The summed E-state index contributed by atoms with van der Waals surface area (Å²) in [5.74, 6) is 0.0321. The van der Waals surface area contributed by atoms with Gasteiger partial charge in [-0.3, -0.25) is 9.69 Å². The van der Waals surface area contributed by atoms with Gasteiger partial charge >= 0.3 is 0 Å². The van der Waals surface area contributed by atoms with E-state index in [1.807, 2.05) is 11.0 Å². The molecular formula is C14H18ClN3O. The zero-order valence-electron chi connectivity index (χ0n) is 10.9. The molecule has 2 rings (SSSR count). The van der Waals surface area contributed by atoms with Crippen molar-refractivity contribution in [2.75, 3.05) is 32.7 Å². The first-order chi connectivity index (χ1) is 9.20. The number of halogens is 1. The molecule has 1 aromatic heterocycles. The van der Waals surface area contributed by atoms with E-state index in [1.165, 1.54) is 6.20 Å². The molecule has 0 unspecified atom stereocenters. The lowest BCUT2D eigenvalue weighted by molar-refractivity contribution is 0.0761. The largest absolute Gasteiger partial charge is 0.337 e. The van der Waals surface area contributed by atoms with Crippen molar-refractivity contribution in [2.24, 2.45) is 0 Å². The minimum Gasteiger partial charge on any atom is -0.337 e. The summed E-state index contributed by atoms with van der Waals surface area (Å²) in [4.78, 5) is 20.5. The normalized spacial score (nSPS) is 17.0. The van der Waals surface area contributed by atoms with Crippen LogP contribution in [0.4, 0.5) is 0 Å². The van der Waals surface area contributed by atoms with Gasteiger partial charge in [0.1, 0.15) is 5.15 Å². The van der Waals surface area contributed by atoms with Crippen LogP contribution in [0.5, 0.6) is 0 Å². The van der Waals surface area contributed by atoms with Crippen LogP contribution in [-0.4, -0.2) is 53.4 Å². The second-order valence-corrected chi connectivity index (χ2v) is 4.99. The smallest absolute Gasteiger partial charge is 0.255 e. The lowest BCUT2D eigenvalue weighted by Gasteiger charge is -2.21. The van der Waals surface area contributed by atoms with Gasteiger partial charge in [-0.25, -0.2) is 4.98 Å². The van der Waals surface area contributed by atoms with E-state index in [4.69, 9.17) is 11.6 Å². The Balaban J connectivity index is 1.99. The number of hydrogen-bond donors (Lipinski definition) is 0. The summed E-state index contributed by atoms with van der Waals surface area (Å²) in [5.41, 5.74) is 0.599. The fraction of sp³-hybridized carbons (Fsp3) is 0.429. The van der Waals surface area contributed by atoms with Gasteiger partial charge in [0.05, 0.1) is 5.56 Å². The van der Waals surface area contributed by atoms with Gasteiger partial charge in [-0.15, -0.1) is 6.58 Å². The lowest BCUT2D eigenvalue weighted by Crippen LogP contribution is -2.35. The molecular weight excluding hydrogens is 262 g/mol. The van der Waals surface area contributed by atoms with Crippen molar-refractivity contribution in [3.05, 3.63) is 41.7 Å². The van der Waals surface area contributed by atoms with Crippen molar-refractivity contribution in [3.63, 3.8) is 0 Å². The highest BCUT2D eigenvalue weighted by Crippen LogP contribution is 2.11. The number of nitrogens with zero attached hydrogens (tertiary/aromatic N) is 3. The molecule has 4 nitrogen and oxygen atoms in total. The maximum absolute atomic E-state index is 12.3. The van der Waals surface area contributed by atoms with Gasteiger partial charge in [-0.1, -0.05) is 17.7 Å². The number of rotatable bonds is 3. The molecule has 0 radical (unpaired) electrons. The first-order valence-electron chi connectivity index (χ1n) is 6.45. The summed E-state index contributed by atoms with van der Waals surface area (Å²) < 4.78 is 0.